The standard InChI is InChI=1S/C17H19N3/c1-13-9-10-16-14(12-13)6-5-11-20(16)17(18)19-15-7-3-2-4-8-15/h2-4,7-10,12H,5-6,11H2,1H3,(H2,18,19). The zero-order valence-electron chi connectivity index (χ0n) is 11.7. The third-order valence-corrected chi connectivity index (χ3v) is 3.63. The lowest BCUT2D eigenvalue weighted by Gasteiger charge is -2.30. The summed E-state index contributed by atoms with van der Waals surface area (Å²) < 4.78 is 0. The average molecular weight is 265 g/mol. The van der Waals surface area contributed by atoms with Crippen molar-refractivity contribution in [3.05, 3.63) is 59.7 Å². The Morgan fingerprint density at radius 2 is 1.95 bits per heavy atom. The molecule has 0 radical (unpaired) electrons. The topological polar surface area (TPSA) is 41.6 Å². The number of para-hydroxylation sites is 1. The van der Waals surface area contributed by atoms with E-state index in [2.05, 4.69) is 35.0 Å². The summed E-state index contributed by atoms with van der Waals surface area (Å²) in [7, 11) is 0. The number of guanidine groups is 1. The molecule has 1 heterocycles. The van der Waals surface area contributed by atoms with Crippen LogP contribution in [0.15, 0.2) is 53.5 Å². The van der Waals surface area contributed by atoms with Crippen LogP contribution < -0.4 is 10.6 Å². The summed E-state index contributed by atoms with van der Waals surface area (Å²) in [6.07, 6.45) is 2.23. The van der Waals surface area contributed by atoms with Crippen LogP contribution in [0.4, 0.5) is 11.4 Å². The number of aryl methyl sites for hydroxylation is 2. The van der Waals surface area contributed by atoms with E-state index < -0.39 is 0 Å². The van der Waals surface area contributed by atoms with Crippen molar-refractivity contribution in [2.75, 3.05) is 11.4 Å². The van der Waals surface area contributed by atoms with Crippen LogP contribution in [0.1, 0.15) is 17.5 Å². The van der Waals surface area contributed by atoms with Gasteiger partial charge in [0.1, 0.15) is 0 Å². The van der Waals surface area contributed by atoms with Gasteiger partial charge in [-0.15, -0.1) is 0 Å². The minimum Gasteiger partial charge on any atom is -0.369 e. The largest absolute Gasteiger partial charge is 0.369 e. The van der Waals surface area contributed by atoms with Gasteiger partial charge in [-0.1, -0.05) is 35.9 Å². The van der Waals surface area contributed by atoms with E-state index in [0.717, 1.165) is 25.1 Å². The summed E-state index contributed by atoms with van der Waals surface area (Å²) in [6, 6.07) is 16.4. The molecule has 3 rings (SSSR count). The molecule has 0 saturated heterocycles. The highest BCUT2D eigenvalue weighted by molar-refractivity contribution is 5.97. The van der Waals surface area contributed by atoms with Gasteiger partial charge in [-0.05, 0) is 43.5 Å². The minimum atomic E-state index is 0.570. The molecule has 0 fully saturated rings. The number of hydrogen-bond donors (Lipinski definition) is 1. The monoisotopic (exact) mass is 265 g/mol. The molecule has 3 nitrogen and oxygen atoms in total. The van der Waals surface area contributed by atoms with E-state index in [-0.39, 0.29) is 0 Å². The Balaban J connectivity index is 1.94. The summed E-state index contributed by atoms with van der Waals surface area (Å²) in [5.41, 5.74) is 11.0. The first-order chi connectivity index (χ1) is 9.74. The van der Waals surface area contributed by atoms with E-state index in [9.17, 15) is 0 Å². The van der Waals surface area contributed by atoms with Gasteiger partial charge in [0.2, 0.25) is 5.96 Å². The van der Waals surface area contributed by atoms with Crippen molar-refractivity contribution < 1.29 is 0 Å². The van der Waals surface area contributed by atoms with Crippen LogP contribution in [-0.2, 0) is 6.42 Å². The predicted octanol–water partition coefficient (Wildman–Crippen LogP) is 3.39. The van der Waals surface area contributed by atoms with Crippen molar-refractivity contribution in [1.82, 2.24) is 0 Å². The van der Waals surface area contributed by atoms with Crippen molar-refractivity contribution in [3.63, 3.8) is 0 Å². The lowest BCUT2D eigenvalue weighted by atomic mass is 10.00. The molecule has 0 aromatic heterocycles. The maximum absolute atomic E-state index is 6.21. The second kappa shape index (κ2) is 5.37. The average Bonchev–Trinajstić information content (AvgIpc) is 2.47. The normalized spacial score (nSPS) is 15.1. The van der Waals surface area contributed by atoms with Crippen LogP contribution in [0, 0.1) is 6.92 Å². The highest BCUT2D eigenvalue weighted by atomic mass is 15.3. The van der Waals surface area contributed by atoms with Gasteiger partial charge in [-0.25, -0.2) is 4.99 Å². The van der Waals surface area contributed by atoms with Crippen molar-refractivity contribution >= 4 is 17.3 Å². The Morgan fingerprint density at radius 1 is 1.15 bits per heavy atom. The summed E-state index contributed by atoms with van der Waals surface area (Å²) in [4.78, 5) is 6.64. The molecule has 20 heavy (non-hydrogen) atoms. The van der Waals surface area contributed by atoms with Crippen LogP contribution in [-0.4, -0.2) is 12.5 Å². The number of nitrogens with two attached hydrogens (primary N) is 1. The summed E-state index contributed by atoms with van der Waals surface area (Å²) in [5, 5.41) is 0. The molecule has 1 aliphatic rings. The molecular formula is C17H19N3. The van der Waals surface area contributed by atoms with E-state index in [1.54, 1.807) is 0 Å². The number of hydrogen-bond acceptors (Lipinski definition) is 1. The fourth-order valence-corrected chi connectivity index (χ4v) is 2.66. The molecule has 0 spiro atoms. The van der Waals surface area contributed by atoms with Crippen molar-refractivity contribution in [2.45, 2.75) is 19.8 Å². The van der Waals surface area contributed by atoms with E-state index in [4.69, 9.17) is 5.73 Å². The number of rotatable bonds is 1. The number of fused-ring (bicyclic) bond motifs is 1. The van der Waals surface area contributed by atoms with Gasteiger partial charge in [-0.3, -0.25) is 0 Å². The lowest BCUT2D eigenvalue weighted by Crippen LogP contribution is -2.40. The lowest BCUT2D eigenvalue weighted by molar-refractivity contribution is 0.774. The third kappa shape index (κ3) is 2.52. The first-order valence-electron chi connectivity index (χ1n) is 7.00. The first kappa shape index (κ1) is 12.7. The Kier molecular flexibility index (Phi) is 3.42. The number of anilines is 1. The molecule has 2 aromatic carbocycles. The fraction of sp³-hybridized carbons (Fsp3) is 0.235. The van der Waals surface area contributed by atoms with Gasteiger partial charge >= 0.3 is 0 Å². The third-order valence-electron chi connectivity index (χ3n) is 3.63. The van der Waals surface area contributed by atoms with Crippen molar-refractivity contribution in [1.29, 1.82) is 0 Å². The van der Waals surface area contributed by atoms with Gasteiger partial charge in [0.25, 0.3) is 0 Å². The molecule has 3 heteroatoms. The number of aliphatic imine (C=N–C) groups is 1. The SMILES string of the molecule is Cc1ccc2c(c1)CCCN2C(N)=Nc1ccccc1. The second-order valence-electron chi connectivity index (χ2n) is 5.19. The van der Waals surface area contributed by atoms with Gasteiger partial charge in [0.15, 0.2) is 0 Å². The summed E-state index contributed by atoms with van der Waals surface area (Å²) in [5.74, 6) is 0.570. The molecule has 0 unspecified atom stereocenters. The zero-order chi connectivity index (χ0) is 13.9. The summed E-state index contributed by atoms with van der Waals surface area (Å²) >= 11 is 0. The van der Waals surface area contributed by atoms with Gasteiger partial charge < -0.3 is 10.6 Å². The Morgan fingerprint density at radius 3 is 2.75 bits per heavy atom. The highest BCUT2D eigenvalue weighted by Crippen LogP contribution is 2.28. The predicted molar refractivity (Wildman–Crippen MR) is 84.6 cm³/mol. The molecule has 0 atom stereocenters. The van der Waals surface area contributed by atoms with Crippen LogP contribution in [0.5, 0.6) is 0 Å². The van der Waals surface area contributed by atoms with E-state index >= 15 is 0 Å². The summed E-state index contributed by atoms with van der Waals surface area (Å²) in [6.45, 7) is 3.05. The molecule has 102 valence electrons. The van der Waals surface area contributed by atoms with Crippen LogP contribution in [0.3, 0.4) is 0 Å². The molecular weight excluding hydrogens is 246 g/mol. The van der Waals surface area contributed by atoms with Crippen molar-refractivity contribution in [2.24, 2.45) is 10.7 Å². The molecule has 0 aliphatic carbocycles. The van der Waals surface area contributed by atoms with Gasteiger partial charge in [-0.2, -0.15) is 0 Å². The Bertz CT molecular complexity index is 632. The molecule has 1 aliphatic heterocycles. The fourth-order valence-electron chi connectivity index (χ4n) is 2.66. The van der Waals surface area contributed by atoms with Crippen molar-refractivity contribution in [3.8, 4) is 0 Å². The molecule has 0 saturated carbocycles. The van der Waals surface area contributed by atoms with Crippen LogP contribution >= 0.6 is 0 Å². The smallest absolute Gasteiger partial charge is 0.201 e. The van der Waals surface area contributed by atoms with Gasteiger partial charge in [0, 0.05) is 12.2 Å². The van der Waals surface area contributed by atoms with Crippen LogP contribution in [0.2, 0.25) is 0 Å². The Labute approximate surface area is 119 Å². The molecule has 2 N–H and O–H groups in total. The molecule has 2 aromatic rings. The molecule has 0 bridgehead atoms. The quantitative estimate of drug-likeness (QED) is 0.634. The second-order valence-corrected chi connectivity index (χ2v) is 5.19. The van der Waals surface area contributed by atoms with E-state index in [1.165, 1.54) is 16.8 Å². The maximum Gasteiger partial charge on any atom is 0.201 e. The Hall–Kier alpha value is -2.29. The minimum absolute atomic E-state index is 0.570. The van der Waals surface area contributed by atoms with E-state index in [0.29, 0.717) is 5.96 Å². The molecule has 0 amide bonds. The zero-order valence-corrected chi connectivity index (χ0v) is 11.7. The highest BCUT2D eigenvalue weighted by Gasteiger charge is 2.19. The first-order valence-corrected chi connectivity index (χ1v) is 7.00. The van der Waals surface area contributed by atoms with E-state index in [1.807, 2.05) is 30.3 Å². The van der Waals surface area contributed by atoms with Crippen LogP contribution in [0.25, 0.3) is 0 Å². The van der Waals surface area contributed by atoms with Gasteiger partial charge in [0.05, 0.1) is 5.69 Å². The maximum atomic E-state index is 6.21. The number of benzene rings is 2. The number of nitrogens with zero attached hydrogens (tertiary/aromatic N) is 2.